The molecular weight excluding hydrogens is 296 g/mol. The molecule has 0 radical (unpaired) electrons. The molecule has 2 N–H and O–H groups in total. The Bertz CT molecular complexity index is 619. The molecular formula is C16H22N4O3. The Kier molecular flexibility index (Phi) is 4.47. The first-order chi connectivity index (χ1) is 11.1. The molecule has 124 valence electrons. The van der Waals surface area contributed by atoms with Crippen LogP contribution in [0.3, 0.4) is 0 Å². The van der Waals surface area contributed by atoms with Crippen molar-refractivity contribution in [1.82, 2.24) is 10.2 Å². The van der Waals surface area contributed by atoms with Crippen LogP contribution < -0.4 is 10.6 Å². The third-order valence-corrected chi connectivity index (χ3v) is 4.90. The minimum absolute atomic E-state index is 0.0696. The van der Waals surface area contributed by atoms with E-state index in [2.05, 4.69) is 15.5 Å². The number of benzene rings is 1. The molecule has 0 aromatic heterocycles. The highest BCUT2D eigenvalue weighted by molar-refractivity contribution is 6.00. The van der Waals surface area contributed by atoms with Crippen LogP contribution in [0.4, 0.5) is 11.4 Å². The maximum atomic E-state index is 12.6. The summed E-state index contributed by atoms with van der Waals surface area (Å²) in [6.07, 6.45) is 4.48. The van der Waals surface area contributed by atoms with Gasteiger partial charge < -0.3 is 10.6 Å². The summed E-state index contributed by atoms with van der Waals surface area (Å²) >= 11 is 0. The third kappa shape index (κ3) is 3.14. The second kappa shape index (κ2) is 6.54. The van der Waals surface area contributed by atoms with Gasteiger partial charge in [-0.25, -0.2) is 0 Å². The van der Waals surface area contributed by atoms with E-state index in [0.717, 1.165) is 25.9 Å². The zero-order valence-corrected chi connectivity index (χ0v) is 13.2. The Morgan fingerprint density at radius 1 is 1.30 bits per heavy atom. The van der Waals surface area contributed by atoms with Crippen molar-refractivity contribution in [3.05, 3.63) is 33.9 Å². The normalized spacial score (nSPS) is 24.0. The van der Waals surface area contributed by atoms with Gasteiger partial charge >= 0.3 is 0 Å². The number of non-ortho nitro benzene ring substituents is 1. The Labute approximate surface area is 135 Å². The van der Waals surface area contributed by atoms with Gasteiger partial charge in [0.05, 0.1) is 10.5 Å². The smallest absolute Gasteiger partial charge is 0.270 e. The molecule has 2 fully saturated rings. The largest absolute Gasteiger partial charge is 0.387 e. The fraction of sp³-hybridized carbons (Fsp3) is 0.562. The van der Waals surface area contributed by atoms with Crippen LogP contribution in [0, 0.1) is 10.1 Å². The first-order valence-electron chi connectivity index (χ1n) is 8.11. The van der Waals surface area contributed by atoms with Crippen LogP contribution in [0.1, 0.15) is 36.0 Å². The van der Waals surface area contributed by atoms with Crippen molar-refractivity contribution in [2.24, 2.45) is 0 Å². The number of fused-ring (bicyclic) bond motifs is 1. The summed E-state index contributed by atoms with van der Waals surface area (Å²) in [5.74, 6) is -0.240. The van der Waals surface area contributed by atoms with Crippen LogP contribution in [-0.4, -0.2) is 48.0 Å². The van der Waals surface area contributed by atoms with Gasteiger partial charge in [0, 0.05) is 43.5 Å². The van der Waals surface area contributed by atoms with Gasteiger partial charge in [0.2, 0.25) is 0 Å². The van der Waals surface area contributed by atoms with Crippen LogP contribution in [0.25, 0.3) is 0 Å². The quantitative estimate of drug-likeness (QED) is 0.655. The van der Waals surface area contributed by atoms with Gasteiger partial charge in [-0.3, -0.25) is 19.8 Å². The van der Waals surface area contributed by atoms with E-state index in [0.29, 0.717) is 17.3 Å². The predicted molar refractivity (Wildman–Crippen MR) is 87.7 cm³/mol. The fourth-order valence-corrected chi connectivity index (χ4v) is 3.71. The Hall–Kier alpha value is -2.15. The van der Waals surface area contributed by atoms with Gasteiger partial charge in [-0.05, 0) is 31.9 Å². The monoisotopic (exact) mass is 318 g/mol. The lowest BCUT2D eigenvalue weighted by atomic mass is 9.98. The molecule has 3 rings (SSSR count). The van der Waals surface area contributed by atoms with Crippen LogP contribution in [-0.2, 0) is 0 Å². The predicted octanol–water partition coefficient (Wildman–Crippen LogP) is 1.99. The van der Waals surface area contributed by atoms with Crippen LogP contribution in [0.2, 0.25) is 0 Å². The Morgan fingerprint density at radius 3 is 2.87 bits per heavy atom. The highest BCUT2D eigenvalue weighted by atomic mass is 16.6. The molecule has 2 saturated heterocycles. The molecule has 1 amide bonds. The van der Waals surface area contributed by atoms with Crippen molar-refractivity contribution in [3.63, 3.8) is 0 Å². The maximum Gasteiger partial charge on any atom is 0.270 e. The average molecular weight is 318 g/mol. The standard InChI is InChI=1S/C16H22N4O3/c1-17-13-6-5-11(20(22)23)10-12(13)16(21)18-14-7-9-19-8-3-2-4-15(14)19/h5-6,10,14-15,17H,2-4,7-9H2,1H3,(H,18,21)/t14-,15-/m1/s1. The van der Waals surface area contributed by atoms with Gasteiger partial charge in [0.1, 0.15) is 0 Å². The van der Waals surface area contributed by atoms with Gasteiger partial charge in [-0.15, -0.1) is 0 Å². The number of anilines is 1. The molecule has 7 heteroatoms. The van der Waals surface area contributed by atoms with Crippen molar-refractivity contribution in [2.45, 2.75) is 37.8 Å². The highest BCUT2D eigenvalue weighted by Crippen LogP contribution is 2.28. The molecule has 1 aromatic rings. The number of nitrogens with one attached hydrogen (secondary N) is 2. The number of rotatable bonds is 4. The van der Waals surface area contributed by atoms with E-state index in [9.17, 15) is 14.9 Å². The van der Waals surface area contributed by atoms with Crippen molar-refractivity contribution >= 4 is 17.3 Å². The van der Waals surface area contributed by atoms with E-state index in [1.165, 1.54) is 25.0 Å². The number of hydrogen-bond donors (Lipinski definition) is 2. The molecule has 7 nitrogen and oxygen atoms in total. The molecule has 0 saturated carbocycles. The molecule has 1 aromatic carbocycles. The molecule has 0 unspecified atom stereocenters. The highest BCUT2D eigenvalue weighted by Gasteiger charge is 2.36. The van der Waals surface area contributed by atoms with E-state index in [1.807, 2.05) is 0 Å². The zero-order valence-electron chi connectivity index (χ0n) is 13.2. The van der Waals surface area contributed by atoms with Crippen molar-refractivity contribution in [1.29, 1.82) is 0 Å². The molecule has 2 aliphatic rings. The van der Waals surface area contributed by atoms with E-state index in [-0.39, 0.29) is 17.6 Å². The van der Waals surface area contributed by atoms with Gasteiger partial charge in [0.15, 0.2) is 0 Å². The third-order valence-electron chi connectivity index (χ3n) is 4.90. The van der Waals surface area contributed by atoms with Gasteiger partial charge in [-0.1, -0.05) is 6.42 Å². The van der Waals surface area contributed by atoms with E-state index in [1.54, 1.807) is 13.1 Å². The SMILES string of the molecule is CNc1ccc([N+](=O)[O-])cc1C(=O)N[C@@H]1CCN2CCCC[C@H]12. The number of nitro benzene ring substituents is 1. The lowest BCUT2D eigenvalue weighted by molar-refractivity contribution is -0.384. The second-order valence-electron chi connectivity index (χ2n) is 6.20. The number of hydrogen-bond acceptors (Lipinski definition) is 5. The first kappa shape index (κ1) is 15.7. The molecule has 2 atom stereocenters. The minimum Gasteiger partial charge on any atom is -0.387 e. The molecule has 0 spiro atoms. The van der Waals surface area contributed by atoms with Gasteiger partial charge in [-0.2, -0.15) is 0 Å². The number of piperidine rings is 1. The summed E-state index contributed by atoms with van der Waals surface area (Å²) in [7, 11) is 1.70. The summed E-state index contributed by atoms with van der Waals surface area (Å²) in [6.45, 7) is 2.12. The van der Waals surface area contributed by atoms with Crippen LogP contribution in [0.15, 0.2) is 18.2 Å². The maximum absolute atomic E-state index is 12.6. The zero-order chi connectivity index (χ0) is 16.4. The first-order valence-corrected chi connectivity index (χ1v) is 8.11. The van der Waals surface area contributed by atoms with Crippen LogP contribution >= 0.6 is 0 Å². The number of amides is 1. The molecule has 23 heavy (non-hydrogen) atoms. The van der Waals surface area contributed by atoms with Crippen molar-refractivity contribution in [3.8, 4) is 0 Å². The van der Waals surface area contributed by atoms with E-state index >= 15 is 0 Å². The van der Waals surface area contributed by atoms with Crippen LogP contribution in [0.5, 0.6) is 0 Å². The van der Waals surface area contributed by atoms with Gasteiger partial charge in [0.25, 0.3) is 11.6 Å². The summed E-state index contributed by atoms with van der Waals surface area (Å²) in [6, 6.07) is 4.86. The Balaban J connectivity index is 1.77. The number of carbonyl (C=O) groups excluding carboxylic acids is 1. The topological polar surface area (TPSA) is 87.5 Å². The lowest BCUT2D eigenvalue weighted by Gasteiger charge is -2.32. The van der Waals surface area contributed by atoms with Crippen molar-refractivity contribution < 1.29 is 9.72 Å². The number of nitro groups is 1. The summed E-state index contributed by atoms with van der Waals surface area (Å²) < 4.78 is 0. The average Bonchev–Trinajstić information content (AvgIpc) is 2.97. The molecule has 0 bridgehead atoms. The fourth-order valence-electron chi connectivity index (χ4n) is 3.71. The van der Waals surface area contributed by atoms with Crippen molar-refractivity contribution in [2.75, 3.05) is 25.5 Å². The molecule has 0 aliphatic carbocycles. The second-order valence-corrected chi connectivity index (χ2v) is 6.20. The molecule has 2 aliphatic heterocycles. The summed E-state index contributed by atoms with van der Waals surface area (Å²) in [5.41, 5.74) is 0.863. The minimum atomic E-state index is -0.478. The van der Waals surface area contributed by atoms with E-state index in [4.69, 9.17) is 0 Å². The number of carbonyl (C=O) groups is 1. The summed E-state index contributed by atoms with van der Waals surface area (Å²) in [4.78, 5) is 25.6. The lowest BCUT2D eigenvalue weighted by Crippen LogP contribution is -2.46. The summed E-state index contributed by atoms with van der Waals surface area (Å²) in [5, 5.41) is 17.0. The molecule has 2 heterocycles. The Morgan fingerprint density at radius 2 is 2.13 bits per heavy atom. The van der Waals surface area contributed by atoms with E-state index < -0.39 is 4.92 Å². The number of nitrogens with zero attached hydrogens (tertiary/aromatic N) is 2.